The number of hydrogen-bond donors (Lipinski definition) is 2. The largest absolute Gasteiger partial charge is 0.357 e. The standard InChI is InChI=1S/C19H33N5S/c1-3-20-19(23-17-6-4-5-7-17)21-12-16-8-10-24(11-9-16)13-18-14-25-15(2)22-18/h14,16-17H,3-13H2,1-2H3,(H2,20,21,23). The van der Waals surface area contributed by atoms with Gasteiger partial charge in [-0.05, 0) is 58.5 Å². The first kappa shape index (κ1) is 18.6. The van der Waals surface area contributed by atoms with E-state index in [4.69, 9.17) is 4.99 Å². The van der Waals surface area contributed by atoms with E-state index in [9.17, 15) is 0 Å². The fraction of sp³-hybridized carbons (Fsp3) is 0.789. The van der Waals surface area contributed by atoms with E-state index in [2.05, 4.69) is 39.7 Å². The number of likely N-dealkylation sites (tertiary alicyclic amines) is 1. The molecule has 1 saturated carbocycles. The Hall–Kier alpha value is -1.14. The molecule has 0 unspecified atom stereocenters. The van der Waals surface area contributed by atoms with Gasteiger partial charge in [-0.15, -0.1) is 11.3 Å². The number of hydrogen-bond acceptors (Lipinski definition) is 4. The molecule has 0 bridgehead atoms. The van der Waals surface area contributed by atoms with E-state index in [1.54, 1.807) is 11.3 Å². The predicted octanol–water partition coefficient (Wildman–Crippen LogP) is 3.16. The molecule has 1 saturated heterocycles. The minimum atomic E-state index is 0.626. The summed E-state index contributed by atoms with van der Waals surface area (Å²) in [5, 5.41) is 10.4. The first-order valence-electron chi connectivity index (χ1n) is 9.91. The molecule has 2 heterocycles. The summed E-state index contributed by atoms with van der Waals surface area (Å²) >= 11 is 1.75. The Labute approximate surface area is 156 Å². The lowest BCUT2D eigenvalue weighted by Gasteiger charge is -2.30. The van der Waals surface area contributed by atoms with Gasteiger partial charge in [-0.25, -0.2) is 4.98 Å². The molecule has 0 radical (unpaired) electrons. The fourth-order valence-electron chi connectivity index (χ4n) is 3.84. The molecule has 5 nitrogen and oxygen atoms in total. The van der Waals surface area contributed by atoms with Crippen LogP contribution >= 0.6 is 11.3 Å². The number of aryl methyl sites for hydroxylation is 1. The van der Waals surface area contributed by atoms with Gasteiger partial charge in [-0.2, -0.15) is 0 Å². The molecule has 0 aromatic carbocycles. The lowest BCUT2D eigenvalue weighted by molar-refractivity contribution is 0.179. The Balaban J connectivity index is 1.42. The zero-order valence-electron chi connectivity index (χ0n) is 15.8. The Bertz CT molecular complexity index is 542. The van der Waals surface area contributed by atoms with Crippen LogP contribution < -0.4 is 10.6 Å². The van der Waals surface area contributed by atoms with E-state index in [0.717, 1.165) is 25.6 Å². The summed E-state index contributed by atoms with van der Waals surface area (Å²) in [6, 6.07) is 0.626. The average Bonchev–Trinajstić information content (AvgIpc) is 3.26. The monoisotopic (exact) mass is 363 g/mol. The van der Waals surface area contributed by atoms with E-state index < -0.39 is 0 Å². The molecule has 2 aliphatic rings. The second kappa shape index (κ2) is 9.53. The van der Waals surface area contributed by atoms with E-state index >= 15 is 0 Å². The molecule has 2 N–H and O–H groups in total. The van der Waals surface area contributed by atoms with Crippen LogP contribution in [0.2, 0.25) is 0 Å². The number of piperidine rings is 1. The van der Waals surface area contributed by atoms with Crippen LogP contribution in [0.25, 0.3) is 0 Å². The summed E-state index contributed by atoms with van der Waals surface area (Å²) in [6.45, 7) is 9.46. The van der Waals surface area contributed by atoms with Gasteiger partial charge in [0.1, 0.15) is 0 Å². The number of nitrogens with one attached hydrogen (secondary N) is 2. The summed E-state index contributed by atoms with van der Waals surface area (Å²) in [4.78, 5) is 12.0. The van der Waals surface area contributed by atoms with E-state index in [1.165, 1.54) is 62.3 Å². The summed E-state index contributed by atoms with van der Waals surface area (Å²) in [6.07, 6.45) is 7.78. The molecule has 1 aliphatic heterocycles. The molecule has 1 aromatic heterocycles. The van der Waals surface area contributed by atoms with Crippen molar-refractivity contribution in [2.45, 2.75) is 65.0 Å². The van der Waals surface area contributed by atoms with Crippen LogP contribution in [0.15, 0.2) is 10.4 Å². The third-order valence-corrected chi connectivity index (χ3v) is 6.13. The second-order valence-electron chi connectivity index (χ2n) is 7.42. The van der Waals surface area contributed by atoms with Gasteiger partial charge in [-0.1, -0.05) is 12.8 Å². The minimum Gasteiger partial charge on any atom is -0.357 e. The highest BCUT2D eigenvalue weighted by molar-refractivity contribution is 7.09. The van der Waals surface area contributed by atoms with Crippen molar-refractivity contribution in [2.24, 2.45) is 10.9 Å². The van der Waals surface area contributed by atoms with Crippen LogP contribution in [0.4, 0.5) is 0 Å². The van der Waals surface area contributed by atoms with Gasteiger partial charge in [-0.3, -0.25) is 9.89 Å². The first-order valence-corrected chi connectivity index (χ1v) is 10.8. The summed E-state index contributed by atoms with van der Waals surface area (Å²) in [5.74, 6) is 1.74. The van der Waals surface area contributed by atoms with E-state index in [0.29, 0.717) is 12.0 Å². The molecule has 3 rings (SSSR count). The highest BCUT2D eigenvalue weighted by Crippen LogP contribution is 2.20. The maximum atomic E-state index is 4.88. The van der Waals surface area contributed by atoms with Crippen molar-refractivity contribution in [1.29, 1.82) is 0 Å². The molecule has 0 spiro atoms. The molecule has 1 aromatic rings. The van der Waals surface area contributed by atoms with Gasteiger partial charge in [0.05, 0.1) is 10.7 Å². The first-order chi connectivity index (χ1) is 12.2. The molecule has 0 amide bonds. The molecule has 140 valence electrons. The Kier molecular flexibility index (Phi) is 7.11. The Morgan fingerprint density at radius 1 is 1.28 bits per heavy atom. The van der Waals surface area contributed by atoms with Crippen molar-refractivity contribution < 1.29 is 0 Å². The Morgan fingerprint density at radius 3 is 2.68 bits per heavy atom. The van der Waals surface area contributed by atoms with Gasteiger partial charge in [0.2, 0.25) is 0 Å². The van der Waals surface area contributed by atoms with Crippen LogP contribution in [0, 0.1) is 12.8 Å². The normalized spacial score (nSPS) is 21.0. The van der Waals surface area contributed by atoms with Crippen LogP contribution in [0.1, 0.15) is 56.2 Å². The van der Waals surface area contributed by atoms with Crippen molar-refractivity contribution in [3.8, 4) is 0 Å². The maximum Gasteiger partial charge on any atom is 0.191 e. The van der Waals surface area contributed by atoms with E-state index in [-0.39, 0.29) is 0 Å². The van der Waals surface area contributed by atoms with Crippen LogP contribution in [-0.2, 0) is 6.54 Å². The summed E-state index contributed by atoms with van der Waals surface area (Å²) < 4.78 is 0. The lowest BCUT2D eigenvalue weighted by atomic mass is 9.97. The lowest BCUT2D eigenvalue weighted by Crippen LogP contribution is -2.43. The van der Waals surface area contributed by atoms with Gasteiger partial charge >= 0.3 is 0 Å². The quantitative estimate of drug-likeness (QED) is 0.602. The zero-order chi connectivity index (χ0) is 17.5. The smallest absolute Gasteiger partial charge is 0.191 e. The predicted molar refractivity (Wildman–Crippen MR) is 106 cm³/mol. The SMILES string of the molecule is CCNC(=NCC1CCN(Cc2csc(C)n2)CC1)NC1CCCC1. The van der Waals surface area contributed by atoms with Crippen molar-refractivity contribution in [3.63, 3.8) is 0 Å². The number of thiazole rings is 1. The number of aromatic nitrogens is 1. The maximum absolute atomic E-state index is 4.88. The second-order valence-corrected chi connectivity index (χ2v) is 8.48. The number of aliphatic imine (C=N–C) groups is 1. The van der Waals surface area contributed by atoms with Gasteiger partial charge < -0.3 is 10.6 Å². The third kappa shape index (κ3) is 5.96. The number of guanidine groups is 1. The third-order valence-electron chi connectivity index (χ3n) is 5.31. The molecular weight excluding hydrogens is 330 g/mol. The number of nitrogens with zero attached hydrogens (tertiary/aromatic N) is 3. The highest BCUT2D eigenvalue weighted by Gasteiger charge is 2.20. The van der Waals surface area contributed by atoms with Gasteiger partial charge in [0.25, 0.3) is 0 Å². The summed E-state index contributed by atoms with van der Waals surface area (Å²) in [7, 11) is 0. The molecule has 2 fully saturated rings. The Morgan fingerprint density at radius 2 is 2.04 bits per heavy atom. The van der Waals surface area contributed by atoms with Crippen LogP contribution in [0.3, 0.4) is 0 Å². The zero-order valence-corrected chi connectivity index (χ0v) is 16.6. The molecule has 6 heteroatoms. The molecule has 25 heavy (non-hydrogen) atoms. The van der Waals surface area contributed by atoms with Crippen molar-refractivity contribution in [3.05, 3.63) is 16.1 Å². The van der Waals surface area contributed by atoms with Crippen LogP contribution in [-0.4, -0.2) is 48.1 Å². The van der Waals surface area contributed by atoms with Gasteiger partial charge in [0, 0.05) is 31.1 Å². The van der Waals surface area contributed by atoms with Crippen molar-refractivity contribution in [1.82, 2.24) is 20.5 Å². The highest BCUT2D eigenvalue weighted by atomic mass is 32.1. The number of rotatable bonds is 6. The minimum absolute atomic E-state index is 0.626. The fourth-order valence-corrected chi connectivity index (χ4v) is 4.44. The topological polar surface area (TPSA) is 52.6 Å². The van der Waals surface area contributed by atoms with Crippen molar-refractivity contribution in [2.75, 3.05) is 26.2 Å². The van der Waals surface area contributed by atoms with E-state index in [1.807, 2.05) is 0 Å². The molecule has 1 aliphatic carbocycles. The molecular formula is C19H33N5S. The summed E-state index contributed by atoms with van der Waals surface area (Å²) in [5.41, 5.74) is 1.23. The average molecular weight is 364 g/mol. The molecule has 0 atom stereocenters. The van der Waals surface area contributed by atoms with Crippen molar-refractivity contribution >= 4 is 17.3 Å². The van der Waals surface area contributed by atoms with Gasteiger partial charge in [0.15, 0.2) is 5.96 Å². The van der Waals surface area contributed by atoms with Crippen LogP contribution in [0.5, 0.6) is 0 Å².